The summed E-state index contributed by atoms with van der Waals surface area (Å²) in [5.41, 5.74) is 0.218. The summed E-state index contributed by atoms with van der Waals surface area (Å²) in [5, 5.41) is 0.0312. The van der Waals surface area contributed by atoms with E-state index < -0.39 is 0 Å². The van der Waals surface area contributed by atoms with Crippen molar-refractivity contribution in [1.82, 2.24) is 0 Å². The Kier molecular flexibility index (Phi) is 3.78. The predicted molar refractivity (Wildman–Crippen MR) is 74.1 cm³/mol. The molecule has 17 heavy (non-hydrogen) atoms. The van der Waals surface area contributed by atoms with Crippen LogP contribution in [0.3, 0.4) is 0 Å². The lowest BCUT2D eigenvalue weighted by atomic mass is 9.61. The summed E-state index contributed by atoms with van der Waals surface area (Å²) in [6, 6.07) is 0. The van der Waals surface area contributed by atoms with Crippen molar-refractivity contribution in [1.29, 1.82) is 0 Å². The second kappa shape index (κ2) is 4.27. The van der Waals surface area contributed by atoms with Crippen molar-refractivity contribution in [3.63, 3.8) is 0 Å². The molecule has 0 aromatic carbocycles. The van der Waals surface area contributed by atoms with Gasteiger partial charge in [-0.15, -0.1) is 0 Å². The van der Waals surface area contributed by atoms with Gasteiger partial charge in [0.2, 0.25) is 0 Å². The lowest BCUT2D eigenvalue weighted by Gasteiger charge is -2.37. The molecule has 0 aromatic rings. The van der Waals surface area contributed by atoms with Gasteiger partial charge in [-0.05, 0) is 16.1 Å². The van der Waals surface area contributed by atoms with E-state index in [0.29, 0.717) is 0 Å². The Morgan fingerprint density at radius 1 is 0.647 bits per heavy atom. The van der Waals surface area contributed by atoms with Crippen LogP contribution in [-0.4, -0.2) is 19.3 Å². The first-order valence-corrected chi connectivity index (χ1v) is 6.64. The van der Waals surface area contributed by atoms with Crippen LogP contribution in [0.15, 0.2) is 0 Å². The van der Waals surface area contributed by atoms with Gasteiger partial charge >= 0.3 is 7.12 Å². The Balaban J connectivity index is 2.96. The summed E-state index contributed by atoms with van der Waals surface area (Å²) < 4.78 is 12.4. The summed E-state index contributed by atoms with van der Waals surface area (Å²) in [6.07, 6.45) is 0.318. The summed E-state index contributed by atoms with van der Waals surface area (Å²) in [6.45, 7) is 19.9. The van der Waals surface area contributed by atoms with E-state index in [1.165, 1.54) is 0 Å². The van der Waals surface area contributed by atoms with E-state index in [1.54, 1.807) is 0 Å². The Bertz CT molecular complexity index is 245. The molecule has 100 valence electrons. The standard InChI is InChI=1S/C14H29BO2/c1-12(2,3)10-11(13(4,5)6)17-15(16-10)14(7,8)9/h10-11H,1-9H3. The minimum atomic E-state index is -0.101. The van der Waals surface area contributed by atoms with Crippen LogP contribution in [0.25, 0.3) is 0 Å². The van der Waals surface area contributed by atoms with Crippen molar-refractivity contribution in [2.24, 2.45) is 10.8 Å². The molecule has 0 amide bonds. The van der Waals surface area contributed by atoms with Crippen LogP contribution in [0, 0.1) is 10.8 Å². The average Bonchev–Trinajstić information content (AvgIpc) is 2.42. The summed E-state index contributed by atoms with van der Waals surface area (Å²) in [5.74, 6) is 0. The second-order valence-electron chi connectivity index (χ2n) is 8.54. The first-order valence-electron chi connectivity index (χ1n) is 6.64. The summed E-state index contributed by atoms with van der Waals surface area (Å²) >= 11 is 0. The van der Waals surface area contributed by atoms with Crippen LogP contribution in [-0.2, 0) is 9.31 Å². The molecule has 0 radical (unpaired) electrons. The molecule has 2 atom stereocenters. The third kappa shape index (κ3) is 3.48. The normalized spacial score (nSPS) is 27.7. The zero-order valence-electron chi connectivity index (χ0n) is 13.0. The van der Waals surface area contributed by atoms with E-state index >= 15 is 0 Å². The molecule has 3 heteroatoms. The molecule has 1 aliphatic rings. The summed E-state index contributed by atoms with van der Waals surface area (Å²) in [7, 11) is -0.101. The van der Waals surface area contributed by atoms with Gasteiger partial charge in [-0.1, -0.05) is 62.3 Å². The van der Waals surface area contributed by atoms with Crippen molar-refractivity contribution in [2.75, 3.05) is 0 Å². The van der Waals surface area contributed by atoms with E-state index in [-0.39, 0.29) is 35.5 Å². The molecule has 1 aliphatic heterocycles. The van der Waals surface area contributed by atoms with E-state index in [2.05, 4.69) is 62.3 Å². The molecule has 2 unspecified atom stereocenters. The molecular weight excluding hydrogens is 211 g/mol. The highest BCUT2D eigenvalue weighted by molar-refractivity contribution is 6.49. The van der Waals surface area contributed by atoms with Gasteiger partial charge in [-0.2, -0.15) is 0 Å². The van der Waals surface area contributed by atoms with Gasteiger partial charge < -0.3 is 9.31 Å². The third-order valence-corrected chi connectivity index (χ3v) is 3.23. The number of hydrogen-bond acceptors (Lipinski definition) is 2. The Morgan fingerprint density at radius 3 is 1.12 bits per heavy atom. The van der Waals surface area contributed by atoms with Gasteiger partial charge in [-0.3, -0.25) is 0 Å². The van der Waals surface area contributed by atoms with Crippen LogP contribution in [0.5, 0.6) is 0 Å². The van der Waals surface area contributed by atoms with E-state index in [9.17, 15) is 0 Å². The van der Waals surface area contributed by atoms with Gasteiger partial charge in [0.15, 0.2) is 0 Å². The van der Waals surface area contributed by atoms with Gasteiger partial charge in [-0.25, -0.2) is 0 Å². The van der Waals surface area contributed by atoms with Gasteiger partial charge in [0, 0.05) is 0 Å². The number of rotatable bonds is 0. The lowest BCUT2D eigenvalue weighted by Crippen LogP contribution is -2.42. The fourth-order valence-electron chi connectivity index (χ4n) is 2.17. The van der Waals surface area contributed by atoms with E-state index in [1.807, 2.05) is 0 Å². The smallest absolute Gasteiger partial charge is 0.405 e. The fraction of sp³-hybridized carbons (Fsp3) is 1.00. The molecule has 1 saturated heterocycles. The van der Waals surface area contributed by atoms with Crippen molar-refractivity contribution >= 4 is 7.12 Å². The summed E-state index contributed by atoms with van der Waals surface area (Å²) in [4.78, 5) is 0. The van der Waals surface area contributed by atoms with Gasteiger partial charge in [0.1, 0.15) is 0 Å². The van der Waals surface area contributed by atoms with Crippen molar-refractivity contribution in [2.45, 2.75) is 79.8 Å². The Hall–Kier alpha value is -0.0151. The second-order valence-corrected chi connectivity index (χ2v) is 8.54. The van der Waals surface area contributed by atoms with Crippen molar-refractivity contribution in [3.05, 3.63) is 0 Å². The molecular formula is C14H29BO2. The molecule has 0 aromatic heterocycles. The molecule has 1 fully saturated rings. The van der Waals surface area contributed by atoms with Crippen LogP contribution in [0.2, 0.25) is 5.31 Å². The third-order valence-electron chi connectivity index (χ3n) is 3.23. The number of hydrogen-bond donors (Lipinski definition) is 0. The molecule has 2 nitrogen and oxygen atoms in total. The maximum Gasteiger partial charge on any atom is 0.463 e. The van der Waals surface area contributed by atoms with Crippen molar-refractivity contribution in [3.8, 4) is 0 Å². The Morgan fingerprint density at radius 2 is 0.941 bits per heavy atom. The highest BCUT2D eigenvalue weighted by atomic mass is 16.7. The van der Waals surface area contributed by atoms with Crippen molar-refractivity contribution < 1.29 is 9.31 Å². The fourth-order valence-corrected chi connectivity index (χ4v) is 2.17. The highest BCUT2D eigenvalue weighted by Crippen LogP contribution is 2.44. The molecule has 0 N–H and O–H groups in total. The minimum absolute atomic E-state index is 0.0312. The topological polar surface area (TPSA) is 18.5 Å². The quantitative estimate of drug-likeness (QED) is 0.592. The molecule has 1 heterocycles. The molecule has 1 rings (SSSR count). The van der Waals surface area contributed by atoms with Crippen LogP contribution in [0.1, 0.15) is 62.3 Å². The predicted octanol–water partition coefficient (Wildman–Crippen LogP) is 4.15. The zero-order chi connectivity index (χ0) is 13.6. The SMILES string of the molecule is CC(C)(C)B1OC(C(C)(C)C)C(C(C)(C)C)O1. The van der Waals surface area contributed by atoms with Gasteiger partial charge in [0.05, 0.1) is 12.2 Å². The van der Waals surface area contributed by atoms with Gasteiger partial charge in [0.25, 0.3) is 0 Å². The molecule has 0 aliphatic carbocycles. The average molecular weight is 240 g/mol. The molecule has 0 saturated carbocycles. The van der Waals surface area contributed by atoms with E-state index in [4.69, 9.17) is 9.31 Å². The van der Waals surface area contributed by atoms with Crippen LogP contribution >= 0.6 is 0 Å². The largest absolute Gasteiger partial charge is 0.463 e. The van der Waals surface area contributed by atoms with E-state index in [0.717, 1.165) is 0 Å². The first kappa shape index (κ1) is 15.0. The lowest BCUT2D eigenvalue weighted by molar-refractivity contribution is 0.000876. The van der Waals surface area contributed by atoms with Crippen LogP contribution < -0.4 is 0 Å². The molecule has 0 spiro atoms. The monoisotopic (exact) mass is 240 g/mol. The zero-order valence-corrected chi connectivity index (χ0v) is 13.0. The maximum atomic E-state index is 6.21. The Labute approximate surface area is 108 Å². The minimum Gasteiger partial charge on any atom is -0.405 e. The highest BCUT2D eigenvalue weighted by Gasteiger charge is 2.53. The van der Waals surface area contributed by atoms with Crippen LogP contribution in [0.4, 0.5) is 0 Å². The molecule has 0 bridgehead atoms. The maximum absolute atomic E-state index is 6.21. The first-order chi connectivity index (χ1) is 7.33.